The number of nitrogens with one attached hydrogen (secondary N) is 3. The Kier molecular flexibility index (Phi) is 9.54. The summed E-state index contributed by atoms with van der Waals surface area (Å²) in [4.78, 5) is 25.0. The third-order valence-corrected chi connectivity index (χ3v) is 6.19. The number of aromatic nitrogens is 3. The van der Waals surface area contributed by atoms with Crippen molar-refractivity contribution >= 4 is 17.5 Å². The maximum absolute atomic E-state index is 12.0. The van der Waals surface area contributed by atoms with E-state index >= 15 is 0 Å². The fourth-order valence-electron chi connectivity index (χ4n) is 3.72. The van der Waals surface area contributed by atoms with E-state index in [9.17, 15) is 15.0 Å². The first-order chi connectivity index (χ1) is 17.4. The lowest BCUT2D eigenvalue weighted by molar-refractivity contribution is 0.0962. The van der Waals surface area contributed by atoms with Crippen LogP contribution in [0, 0.1) is 5.92 Å². The van der Waals surface area contributed by atoms with E-state index in [1.807, 2.05) is 24.3 Å². The van der Waals surface area contributed by atoms with Gasteiger partial charge in [-0.25, -0.2) is 15.0 Å². The number of ether oxygens (including phenoxy) is 1. The van der Waals surface area contributed by atoms with E-state index in [4.69, 9.17) is 4.74 Å². The molecule has 1 aromatic carbocycles. The minimum Gasteiger partial charge on any atom is -0.496 e. The lowest BCUT2D eigenvalue weighted by atomic mass is 9.87. The predicted molar refractivity (Wildman–Crippen MR) is 139 cm³/mol. The molecule has 3 aromatic rings. The summed E-state index contributed by atoms with van der Waals surface area (Å²) in [5, 5.41) is 27.4. The van der Waals surface area contributed by atoms with Crippen LogP contribution in [0.2, 0.25) is 0 Å². The molecule has 192 valence electrons. The maximum Gasteiger partial charge on any atom is 0.251 e. The third kappa shape index (κ3) is 6.67. The Labute approximate surface area is 211 Å². The van der Waals surface area contributed by atoms with Gasteiger partial charge < -0.3 is 30.9 Å². The monoisotopic (exact) mass is 494 g/mol. The van der Waals surface area contributed by atoms with Crippen molar-refractivity contribution in [1.82, 2.24) is 20.3 Å². The minimum atomic E-state index is -0.462. The third-order valence-electron chi connectivity index (χ3n) is 6.19. The van der Waals surface area contributed by atoms with Crippen molar-refractivity contribution in [2.75, 3.05) is 44.5 Å². The fraction of sp³-hybridized carbons (Fsp3) is 0.385. The Morgan fingerprint density at radius 3 is 2.44 bits per heavy atom. The average Bonchev–Trinajstić information content (AvgIpc) is 2.93. The van der Waals surface area contributed by atoms with Crippen LogP contribution in [0.25, 0.3) is 11.3 Å². The molecule has 0 aliphatic carbocycles. The summed E-state index contributed by atoms with van der Waals surface area (Å²) >= 11 is 0. The van der Waals surface area contributed by atoms with Gasteiger partial charge in [-0.1, -0.05) is 19.9 Å². The normalized spacial score (nSPS) is 12.6. The Morgan fingerprint density at radius 2 is 1.81 bits per heavy atom. The summed E-state index contributed by atoms with van der Waals surface area (Å²) < 4.78 is 5.57. The fourth-order valence-corrected chi connectivity index (χ4v) is 3.72. The summed E-state index contributed by atoms with van der Waals surface area (Å²) in [5.74, 6) is 2.20. The quantitative estimate of drug-likeness (QED) is 0.257. The molecular formula is C26H34N6O4. The Balaban J connectivity index is 1.65. The number of nitrogens with zero attached hydrogens (tertiary/aromatic N) is 3. The first kappa shape index (κ1) is 26.8. The molecule has 2 heterocycles. The van der Waals surface area contributed by atoms with Crippen molar-refractivity contribution < 1.29 is 19.7 Å². The van der Waals surface area contributed by atoms with Crippen molar-refractivity contribution in [3.05, 3.63) is 60.0 Å². The number of aliphatic hydroxyl groups excluding tert-OH is 2. The number of hydrogen-bond acceptors (Lipinski definition) is 9. The van der Waals surface area contributed by atoms with E-state index in [2.05, 4.69) is 44.7 Å². The van der Waals surface area contributed by atoms with Crippen molar-refractivity contribution in [2.24, 2.45) is 5.92 Å². The highest BCUT2D eigenvalue weighted by Gasteiger charge is 2.20. The number of pyridine rings is 1. The Hall–Kier alpha value is -3.76. The lowest BCUT2D eigenvalue weighted by Crippen LogP contribution is -2.28. The van der Waals surface area contributed by atoms with Gasteiger partial charge in [0.1, 0.15) is 23.7 Å². The van der Waals surface area contributed by atoms with Crippen LogP contribution < -0.4 is 20.7 Å². The summed E-state index contributed by atoms with van der Waals surface area (Å²) in [6.07, 6.45) is 3.19. The zero-order chi connectivity index (χ0) is 26.1. The van der Waals surface area contributed by atoms with E-state index in [0.29, 0.717) is 29.5 Å². The van der Waals surface area contributed by atoms with Gasteiger partial charge in [0.25, 0.3) is 5.91 Å². The topological polar surface area (TPSA) is 142 Å². The Morgan fingerprint density at radius 1 is 1.03 bits per heavy atom. The minimum absolute atomic E-state index is 0.151. The van der Waals surface area contributed by atoms with Gasteiger partial charge in [-0.3, -0.25) is 4.79 Å². The second-order valence-corrected chi connectivity index (χ2v) is 8.61. The molecule has 0 saturated heterocycles. The maximum atomic E-state index is 12.0. The number of benzene rings is 1. The van der Waals surface area contributed by atoms with Gasteiger partial charge in [0.05, 0.1) is 32.1 Å². The summed E-state index contributed by atoms with van der Waals surface area (Å²) in [7, 11) is 3.21. The van der Waals surface area contributed by atoms with Crippen LogP contribution in [0.4, 0.5) is 11.6 Å². The van der Waals surface area contributed by atoms with Crippen LogP contribution in [0.5, 0.6) is 5.75 Å². The molecule has 2 aromatic heterocycles. The highest BCUT2D eigenvalue weighted by Crippen LogP contribution is 2.33. The number of hydrogen-bond donors (Lipinski definition) is 5. The molecular weight excluding hydrogens is 460 g/mol. The van der Waals surface area contributed by atoms with Gasteiger partial charge in [0.15, 0.2) is 0 Å². The molecule has 10 heteroatoms. The van der Waals surface area contributed by atoms with Crippen molar-refractivity contribution in [1.29, 1.82) is 0 Å². The van der Waals surface area contributed by atoms with Crippen LogP contribution in [-0.4, -0.2) is 71.0 Å². The van der Waals surface area contributed by atoms with Gasteiger partial charge in [-0.05, 0) is 41.7 Å². The van der Waals surface area contributed by atoms with Crippen molar-refractivity contribution in [3.8, 4) is 17.0 Å². The molecule has 0 bridgehead atoms. The number of carbonyl (C=O) groups excluding carboxylic acids is 1. The van der Waals surface area contributed by atoms with Crippen LogP contribution in [0.15, 0.2) is 48.9 Å². The number of carbonyl (C=O) groups is 1. The molecule has 1 unspecified atom stereocenters. The second kappa shape index (κ2) is 12.8. The highest BCUT2D eigenvalue weighted by molar-refractivity contribution is 5.94. The van der Waals surface area contributed by atoms with Crippen molar-refractivity contribution in [2.45, 2.75) is 25.8 Å². The molecule has 3 rings (SSSR count). The van der Waals surface area contributed by atoms with Crippen LogP contribution in [0.1, 0.15) is 35.7 Å². The molecule has 0 radical (unpaired) electrons. The summed E-state index contributed by atoms with van der Waals surface area (Å²) in [6, 6.07) is 10.6. The highest BCUT2D eigenvalue weighted by atomic mass is 16.5. The molecule has 0 saturated carbocycles. The zero-order valence-electron chi connectivity index (χ0n) is 21.0. The van der Waals surface area contributed by atoms with Gasteiger partial charge in [-0.15, -0.1) is 0 Å². The van der Waals surface area contributed by atoms with Gasteiger partial charge in [0.2, 0.25) is 0 Å². The zero-order valence-corrected chi connectivity index (χ0v) is 21.0. The number of amides is 1. The number of rotatable bonds is 12. The second-order valence-electron chi connectivity index (χ2n) is 8.61. The van der Waals surface area contributed by atoms with Crippen LogP contribution >= 0.6 is 0 Å². The number of methoxy groups -OCH3 is 1. The van der Waals surface area contributed by atoms with E-state index in [1.165, 1.54) is 6.33 Å². The first-order valence-corrected chi connectivity index (χ1v) is 11.8. The molecule has 0 spiro atoms. The largest absolute Gasteiger partial charge is 0.496 e. The smallest absolute Gasteiger partial charge is 0.251 e. The SMILES string of the molecule is CNC(=O)c1ccc(C(C)[C@H](C)CNc2cc(-c3ccc(NC(CO)CO)nc3)ncn2)c(OC)c1. The predicted octanol–water partition coefficient (Wildman–Crippen LogP) is 2.52. The number of aliphatic hydroxyl groups is 2. The molecule has 0 aliphatic heterocycles. The van der Waals surface area contributed by atoms with E-state index in [1.54, 1.807) is 32.5 Å². The summed E-state index contributed by atoms with van der Waals surface area (Å²) in [6.45, 7) is 4.57. The molecule has 5 N–H and O–H groups in total. The van der Waals surface area contributed by atoms with Gasteiger partial charge in [0, 0.05) is 37.0 Å². The van der Waals surface area contributed by atoms with Gasteiger partial charge >= 0.3 is 0 Å². The molecule has 2 atom stereocenters. The summed E-state index contributed by atoms with van der Waals surface area (Å²) in [5.41, 5.74) is 3.13. The molecule has 36 heavy (non-hydrogen) atoms. The number of anilines is 2. The molecule has 10 nitrogen and oxygen atoms in total. The van der Waals surface area contributed by atoms with Crippen molar-refractivity contribution in [3.63, 3.8) is 0 Å². The average molecular weight is 495 g/mol. The van der Waals surface area contributed by atoms with E-state index in [0.717, 1.165) is 16.8 Å². The first-order valence-electron chi connectivity index (χ1n) is 11.8. The van der Waals surface area contributed by atoms with Crippen LogP contribution in [0.3, 0.4) is 0 Å². The molecule has 1 amide bonds. The van der Waals surface area contributed by atoms with Crippen LogP contribution in [-0.2, 0) is 0 Å². The molecule has 0 fully saturated rings. The standard InChI is InChI=1S/C26H34N6O4/c1-16(17(2)21-7-5-18(26(35)27-3)9-23(21)36-4)11-28-25-10-22(30-15-31-25)19-6-8-24(29-12-19)32-20(13-33)14-34/h5-10,12,15-17,20,33-34H,11,13-14H2,1-4H3,(H,27,35)(H,29,32)(H,28,30,31)/t16-,17?/m1/s1. The lowest BCUT2D eigenvalue weighted by Gasteiger charge is -2.23. The van der Waals surface area contributed by atoms with Gasteiger partial charge in [-0.2, -0.15) is 0 Å². The Bertz CT molecular complexity index is 1140. The molecule has 0 aliphatic rings. The van der Waals surface area contributed by atoms with E-state index < -0.39 is 6.04 Å². The van der Waals surface area contributed by atoms with E-state index in [-0.39, 0.29) is 31.0 Å².